The molecule has 0 aromatic heterocycles. The van der Waals surface area contributed by atoms with Crippen molar-refractivity contribution >= 4 is 27.5 Å². The minimum absolute atomic E-state index is 0.0278. The van der Waals surface area contributed by atoms with Crippen LogP contribution in [0.5, 0.6) is 0 Å². The molecule has 1 N–H and O–H groups in total. The van der Waals surface area contributed by atoms with Gasteiger partial charge in [-0.2, -0.15) is 4.31 Å². The Morgan fingerprint density at radius 1 is 1.14 bits per heavy atom. The van der Waals surface area contributed by atoms with Crippen LogP contribution in [0.4, 0.5) is 4.39 Å². The number of hydrogen-bond acceptors (Lipinski definition) is 3. The van der Waals surface area contributed by atoms with Crippen molar-refractivity contribution in [2.75, 3.05) is 19.6 Å². The molecule has 5 nitrogen and oxygen atoms in total. The fourth-order valence-corrected chi connectivity index (χ4v) is 5.18. The van der Waals surface area contributed by atoms with E-state index in [0.717, 1.165) is 25.0 Å². The zero-order valence-corrected chi connectivity index (χ0v) is 17.6. The lowest BCUT2D eigenvalue weighted by Gasteiger charge is -2.30. The third kappa shape index (κ3) is 5.56. The van der Waals surface area contributed by atoms with Gasteiger partial charge in [0.25, 0.3) is 0 Å². The van der Waals surface area contributed by atoms with Crippen molar-refractivity contribution in [1.29, 1.82) is 0 Å². The number of benzene rings is 2. The Balaban J connectivity index is 1.46. The van der Waals surface area contributed by atoms with E-state index in [1.807, 2.05) is 18.2 Å². The molecule has 0 aliphatic carbocycles. The molecule has 0 unspecified atom stereocenters. The first-order valence-electron chi connectivity index (χ1n) is 9.65. The standard InChI is InChI=1S/C21H24ClFN2O3S/c22-19-15-18(8-9-20(19)23)29(27,28)25-13-10-17(11-14-25)21(26)24-12-4-7-16-5-2-1-3-6-16/h1-3,5-6,8-9,15,17H,4,7,10-14H2,(H,24,26). The van der Waals surface area contributed by atoms with Gasteiger partial charge >= 0.3 is 0 Å². The van der Waals surface area contributed by atoms with Crippen LogP contribution < -0.4 is 5.32 Å². The molecule has 0 atom stereocenters. The van der Waals surface area contributed by atoms with Crippen molar-refractivity contribution in [3.05, 3.63) is 64.9 Å². The topological polar surface area (TPSA) is 66.5 Å². The lowest BCUT2D eigenvalue weighted by molar-refractivity contribution is -0.126. The number of hydrogen-bond donors (Lipinski definition) is 1. The van der Waals surface area contributed by atoms with Crippen LogP contribution >= 0.6 is 11.6 Å². The highest BCUT2D eigenvalue weighted by molar-refractivity contribution is 7.89. The normalized spacial score (nSPS) is 15.9. The number of carbonyl (C=O) groups excluding carboxylic acids is 1. The number of piperidine rings is 1. The fourth-order valence-electron chi connectivity index (χ4n) is 3.44. The largest absolute Gasteiger partial charge is 0.356 e. The average Bonchev–Trinajstić information content (AvgIpc) is 2.74. The summed E-state index contributed by atoms with van der Waals surface area (Å²) in [5.41, 5.74) is 1.24. The van der Waals surface area contributed by atoms with Crippen molar-refractivity contribution in [2.45, 2.75) is 30.6 Å². The van der Waals surface area contributed by atoms with E-state index in [2.05, 4.69) is 17.4 Å². The third-order valence-electron chi connectivity index (χ3n) is 5.14. The predicted octanol–water partition coefficient (Wildman–Crippen LogP) is 3.63. The number of halogens is 2. The van der Waals surface area contributed by atoms with E-state index in [1.165, 1.54) is 15.9 Å². The maximum absolute atomic E-state index is 13.3. The molecule has 0 spiro atoms. The van der Waals surface area contributed by atoms with Crippen LogP contribution in [0, 0.1) is 11.7 Å². The van der Waals surface area contributed by atoms with Gasteiger partial charge in [0.2, 0.25) is 15.9 Å². The zero-order valence-electron chi connectivity index (χ0n) is 16.0. The minimum atomic E-state index is -3.75. The third-order valence-corrected chi connectivity index (χ3v) is 7.32. The summed E-state index contributed by atoms with van der Waals surface area (Å²) in [5.74, 6) is -0.886. The van der Waals surface area contributed by atoms with E-state index in [1.54, 1.807) is 0 Å². The van der Waals surface area contributed by atoms with Gasteiger partial charge in [-0.3, -0.25) is 4.79 Å². The Hall–Kier alpha value is -1.96. The Kier molecular flexibility index (Phi) is 7.27. The van der Waals surface area contributed by atoms with Crippen LogP contribution in [0.25, 0.3) is 0 Å². The van der Waals surface area contributed by atoms with Crippen LogP contribution in [-0.4, -0.2) is 38.3 Å². The molecule has 29 heavy (non-hydrogen) atoms. The Morgan fingerprint density at radius 3 is 2.48 bits per heavy atom. The molecule has 2 aromatic rings. The van der Waals surface area contributed by atoms with Gasteiger partial charge in [-0.25, -0.2) is 12.8 Å². The Bertz CT molecular complexity index is 946. The number of nitrogens with one attached hydrogen (secondary N) is 1. The first-order chi connectivity index (χ1) is 13.9. The van der Waals surface area contributed by atoms with E-state index in [0.29, 0.717) is 19.4 Å². The summed E-state index contributed by atoms with van der Waals surface area (Å²) in [6.07, 6.45) is 2.67. The second-order valence-electron chi connectivity index (χ2n) is 7.13. The van der Waals surface area contributed by atoms with Gasteiger partial charge in [-0.15, -0.1) is 0 Å². The smallest absolute Gasteiger partial charge is 0.243 e. The van der Waals surface area contributed by atoms with Crippen molar-refractivity contribution in [3.63, 3.8) is 0 Å². The summed E-state index contributed by atoms with van der Waals surface area (Å²) >= 11 is 5.71. The van der Waals surface area contributed by atoms with Gasteiger partial charge in [0.05, 0.1) is 9.92 Å². The minimum Gasteiger partial charge on any atom is -0.356 e. The lowest BCUT2D eigenvalue weighted by atomic mass is 9.97. The van der Waals surface area contributed by atoms with Crippen LogP contribution in [0.1, 0.15) is 24.8 Å². The maximum atomic E-state index is 13.3. The SMILES string of the molecule is O=C(NCCCc1ccccc1)C1CCN(S(=O)(=O)c2ccc(F)c(Cl)c2)CC1. The van der Waals surface area contributed by atoms with Gasteiger partial charge in [0, 0.05) is 25.6 Å². The Morgan fingerprint density at radius 2 is 1.83 bits per heavy atom. The molecule has 1 aliphatic rings. The molecule has 3 rings (SSSR count). The van der Waals surface area contributed by atoms with Gasteiger partial charge < -0.3 is 5.32 Å². The number of nitrogens with zero attached hydrogens (tertiary/aromatic N) is 1. The van der Waals surface area contributed by atoms with E-state index in [9.17, 15) is 17.6 Å². The van der Waals surface area contributed by atoms with E-state index in [4.69, 9.17) is 11.6 Å². The van der Waals surface area contributed by atoms with E-state index < -0.39 is 15.8 Å². The first kappa shape index (κ1) is 21.7. The molecule has 2 aromatic carbocycles. The number of aryl methyl sites for hydroxylation is 1. The summed E-state index contributed by atoms with van der Waals surface area (Å²) in [4.78, 5) is 12.3. The first-order valence-corrected chi connectivity index (χ1v) is 11.5. The Labute approximate surface area is 175 Å². The van der Waals surface area contributed by atoms with Crippen molar-refractivity contribution in [2.24, 2.45) is 5.92 Å². The summed E-state index contributed by atoms with van der Waals surface area (Å²) < 4.78 is 40.1. The van der Waals surface area contributed by atoms with Crippen molar-refractivity contribution < 1.29 is 17.6 Å². The monoisotopic (exact) mass is 438 g/mol. The van der Waals surface area contributed by atoms with Crippen molar-refractivity contribution in [1.82, 2.24) is 9.62 Å². The molecule has 156 valence electrons. The molecule has 1 amide bonds. The highest BCUT2D eigenvalue weighted by Gasteiger charge is 2.32. The summed E-state index contributed by atoms with van der Waals surface area (Å²) in [6, 6.07) is 13.5. The molecule has 1 aliphatic heterocycles. The number of sulfonamides is 1. The highest BCUT2D eigenvalue weighted by atomic mass is 35.5. The van der Waals surface area contributed by atoms with Gasteiger partial charge in [0.1, 0.15) is 5.82 Å². The van der Waals surface area contributed by atoms with E-state index in [-0.39, 0.29) is 34.8 Å². The molecule has 1 saturated heterocycles. The zero-order chi connectivity index (χ0) is 20.9. The highest BCUT2D eigenvalue weighted by Crippen LogP contribution is 2.26. The molecule has 1 fully saturated rings. The molecule has 0 radical (unpaired) electrons. The average molecular weight is 439 g/mol. The number of rotatable bonds is 7. The van der Waals surface area contributed by atoms with Crippen LogP contribution in [-0.2, 0) is 21.2 Å². The van der Waals surface area contributed by atoms with E-state index >= 15 is 0 Å². The quantitative estimate of drug-likeness (QED) is 0.671. The summed E-state index contributed by atoms with van der Waals surface area (Å²) in [6.45, 7) is 1.10. The van der Waals surface area contributed by atoms with Crippen LogP contribution in [0.3, 0.4) is 0 Å². The second-order valence-corrected chi connectivity index (χ2v) is 9.48. The predicted molar refractivity (Wildman–Crippen MR) is 111 cm³/mol. The molecule has 8 heteroatoms. The van der Waals surface area contributed by atoms with Gasteiger partial charge in [-0.1, -0.05) is 41.9 Å². The van der Waals surface area contributed by atoms with Gasteiger partial charge in [0.15, 0.2) is 0 Å². The number of carbonyl (C=O) groups is 1. The molecular formula is C21H24ClFN2O3S. The maximum Gasteiger partial charge on any atom is 0.243 e. The lowest BCUT2D eigenvalue weighted by Crippen LogP contribution is -2.43. The fraction of sp³-hybridized carbons (Fsp3) is 0.381. The van der Waals surface area contributed by atoms with Crippen LogP contribution in [0.15, 0.2) is 53.4 Å². The summed E-state index contributed by atoms with van der Waals surface area (Å²) in [7, 11) is -3.75. The van der Waals surface area contributed by atoms with Crippen LogP contribution in [0.2, 0.25) is 5.02 Å². The molecular weight excluding hydrogens is 415 g/mol. The second kappa shape index (κ2) is 9.69. The molecule has 1 heterocycles. The molecule has 0 saturated carbocycles. The molecule has 0 bridgehead atoms. The number of amides is 1. The van der Waals surface area contributed by atoms with Gasteiger partial charge in [-0.05, 0) is 49.4 Å². The summed E-state index contributed by atoms with van der Waals surface area (Å²) in [5, 5.41) is 2.73. The van der Waals surface area contributed by atoms with Crippen molar-refractivity contribution in [3.8, 4) is 0 Å².